The van der Waals surface area contributed by atoms with Crippen LogP contribution in [0.5, 0.6) is 11.8 Å². The maximum atomic E-state index is 5.61. The van der Waals surface area contributed by atoms with Crippen molar-refractivity contribution in [2.75, 3.05) is 20.3 Å². The second-order valence-corrected chi connectivity index (χ2v) is 4.64. The lowest BCUT2D eigenvalue weighted by atomic mass is 10.2. The Hall–Kier alpha value is -1.98. The second kappa shape index (κ2) is 8.34. The third-order valence-corrected chi connectivity index (χ3v) is 3.03. The van der Waals surface area contributed by atoms with Crippen molar-refractivity contribution < 1.29 is 9.47 Å². The van der Waals surface area contributed by atoms with Crippen LogP contribution in [0, 0.1) is 0 Å². The largest absolute Gasteiger partial charge is 0.424 e. The molecule has 0 aliphatic rings. The lowest BCUT2D eigenvalue weighted by molar-refractivity contribution is 0.199. The highest BCUT2D eigenvalue weighted by atomic mass is 16.5. The predicted molar refractivity (Wildman–Crippen MR) is 81.5 cm³/mol. The zero-order valence-electron chi connectivity index (χ0n) is 12.5. The molecule has 2 aromatic rings. The number of ether oxygens (including phenoxy) is 2. The van der Waals surface area contributed by atoms with Crippen LogP contribution >= 0.6 is 0 Å². The van der Waals surface area contributed by atoms with Crippen molar-refractivity contribution in [2.24, 2.45) is 0 Å². The summed E-state index contributed by atoms with van der Waals surface area (Å²) in [4.78, 5) is 8.42. The molecule has 0 saturated heterocycles. The smallest absolute Gasteiger partial charge is 0.321 e. The second-order valence-electron chi connectivity index (χ2n) is 4.64. The van der Waals surface area contributed by atoms with Crippen LogP contribution in [0.15, 0.2) is 36.7 Å². The molecule has 21 heavy (non-hydrogen) atoms. The van der Waals surface area contributed by atoms with E-state index in [1.807, 2.05) is 24.3 Å². The van der Waals surface area contributed by atoms with Crippen molar-refractivity contribution in [3.8, 4) is 11.8 Å². The van der Waals surface area contributed by atoms with Gasteiger partial charge < -0.3 is 14.8 Å². The molecule has 0 saturated carbocycles. The third-order valence-electron chi connectivity index (χ3n) is 3.03. The Kier molecular flexibility index (Phi) is 6.12. The van der Waals surface area contributed by atoms with Crippen LogP contribution in [0.4, 0.5) is 0 Å². The highest BCUT2D eigenvalue weighted by Crippen LogP contribution is 2.18. The molecular weight excluding hydrogens is 266 g/mol. The number of aromatic nitrogens is 2. The van der Waals surface area contributed by atoms with Crippen molar-refractivity contribution in [1.82, 2.24) is 15.3 Å². The molecule has 1 aromatic heterocycles. The van der Waals surface area contributed by atoms with E-state index >= 15 is 0 Å². The van der Waals surface area contributed by atoms with Crippen LogP contribution < -0.4 is 10.1 Å². The third kappa shape index (κ3) is 5.13. The summed E-state index contributed by atoms with van der Waals surface area (Å²) >= 11 is 0. The van der Waals surface area contributed by atoms with Gasteiger partial charge in [0.05, 0.1) is 6.61 Å². The van der Waals surface area contributed by atoms with Crippen molar-refractivity contribution in [3.63, 3.8) is 0 Å². The Morgan fingerprint density at radius 1 is 1.05 bits per heavy atom. The quantitative estimate of drug-likeness (QED) is 0.756. The van der Waals surface area contributed by atoms with Crippen LogP contribution in [0.25, 0.3) is 0 Å². The van der Waals surface area contributed by atoms with E-state index in [1.165, 1.54) is 5.56 Å². The number of nitrogens with zero attached hydrogens (tertiary/aromatic N) is 2. The fourth-order valence-electron chi connectivity index (χ4n) is 1.79. The van der Waals surface area contributed by atoms with E-state index in [-0.39, 0.29) is 0 Å². The molecular formula is C16H21N3O2. The Labute approximate surface area is 125 Å². The minimum absolute atomic E-state index is 0.361. The standard InChI is InChI=1S/C16H21N3O2/c1-3-13-4-6-15(7-5-13)21-16-18-11-14(12-19-16)10-17-8-9-20-2/h4-7,11-12,17H,3,8-10H2,1-2H3. The molecule has 1 aromatic carbocycles. The van der Waals surface area contributed by atoms with Crippen LogP contribution in [0.1, 0.15) is 18.1 Å². The molecule has 2 rings (SSSR count). The maximum absolute atomic E-state index is 5.61. The van der Waals surface area contributed by atoms with Crippen molar-refractivity contribution >= 4 is 0 Å². The molecule has 0 spiro atoms. The van der Waals surface area contributed by atoms with Crippen molar-refractivity contribution in [3.05, 3.63) is 47.8 Å². The number of methoxy groups -OCH3 is 1. The zero-order valence-corrected chi connectivity index (χ0v) is 12.5. The molecule has 112 valence electrons. The lowest BCUT2D eigenvalue weighted by Crippen LogP contribution is -2.18. The normalized spacial score (nSPS) is 10.6. The molecule has 0 amide bonds. The van der Waals surface area contributed by atoms with Gasteiger partial charge in [-0.2, -0.15) is 0 Å². The van der Waals surface area contributed by atoms with Gasteiger partial charge in [-0.1, -0.05) is 19.1 Å². The number of aryl methyl sites for hydroxylation is 1. The van der Waals surface area contributed by atoms with E-state index in [0.717, 1.165) is 30.8 Å². The first-order valence-corrected chi connectivity index (χ1v) is 7.09. The Morgan fingerprint density at radius 3 is 2.38 bits per heavy atom. The van der Waals surface area contributed by atoms with Gasteiger partial charge in [0.2, 0.25) is 0 Å². The number of nitrogens with one attached hydrogen (secondary N) is 1. The van der Waals surface area contributed by atoms with Gasteiger partial charge in [0, 0.05) is 38.2 Å². The van der Waals surface area contributed by atoms with Gasteiger partial charge in [0.25, 0.3) is 0 Å². The summed E-state index contributed by atoms with van der Waals surface area (Å²) in [7, 11) is 1.68. The summed E-state index contributed by atoms with van der Waals surface area (Å²) in [6.07, 6.45) is 4.55. The molecule has 5 nitrogen and oxygen atoms in total. The SMILES string of the molecule is CCc1ccc(Oc2ncc(CNCCOC)cn2)cc1. The maximum Gasteiger partial charge on any atom is 0.321 e. The number of hydrogen-bond acceptors (Lipinski definition) is 5. The first-order valence-electron chi connectivity index (χ1n) is 7.09. The highest BCUT2D eigenvalue weighted by Gasteiger charge is 2.01. The molecule has 0 atom stereocenters. The summed E-state index contributed by atoms with van der Waals surface area (Å²) in [6.45, 7) is 4.33. The number of hydrogen-bond donors (Lipinski definition) is 1. The van der Waals surface area contributed by atoms with E-state index < -0.39 is 0 Å². The summed E-state index contributed by atoms with van der Waals surface area (Å²) in [5.41, 5.74) is 2.29. The molecule has 1 heterocycles. The lowest BCUT2D eigenvalue weighted by Gasteiger charge is -2.06. The topological polar surface area (TPSA) is 56.3 Å². The average molecular weight is 287 g/mol. The minimum atomic E-state index is 0.361. The van der Waals surface area contributed by atoms with E-state index in [2.05, 4.69) is 22.2 Å². The molecule has 0 bridgehead atoms. The highest BCUT2D eigenvalue weighted by molar-refractivity contribution is 5.29. The van der Waals surface area contributed by atoms with Crippen molar-refractivity contribution in [2.45, 2.75) is 19.9 Å². The predicted octanol–water partition coefficient (Wildman–Crippen LogP) is 2.57. The molecule has 0 fully saturated rings. The van der Waals surface area contributed by atoms with E-state index in [4.69, 9.17) is 9.47 Å². The van der Waals surface area contributed by atoms with Crippen molar-refractivity contribution in [1.29, 1.82) is 0 Å². The fraction of sp³-hybridized carbons (Fsp3) is 0.375. The van der Waals surface area contributed by atoms with Gasteiger partial charge in [0.1, 0.15) is 5.75 Å². The molecule has 0 aliphatic heterocycles. The van der Waals surface area contributed by atoms with Gasteiger partial charge >= 0.3 is 6.01 Å². The van der Waals surface area contributed by atoms with E-state index in [1.54, 1.807) is 19.5 Å². The number of rotatable bonds is 8. The van der Waals surface area contributed by atoms with Gasteiger partial charge in [-0.05, 0) is 24.1 Å². The van der Waals surface area contributed by atoms with Crippen LogP contribution in [-0.2, 0) is 17.7 Å². The Balaban J connectivity index is 1.86. The molecule has 1 N–H and O–H groups in total. The Bertz CT molecular complexity index is 526. The zero-order chi connectivity index (χ0) is 14.9. The van der Waals surface area contributed by atoms with Crippen LogP contribution in [0.2, 0.25) is 0 Å². The summed E-state index contributed by atoms with van der Waals surface area (Å²) in [5, 5.41) is 3.24. The summed E-state index contributed by atoms with van der Waals surface area (Å²) < 4.78 is 10.6. The van der Waals surface area contributed by atoms with Crippen LogP contribution in [0.3, 0.4) is 0 Å². The van der Waals surface area contributed by atoms with E-state index in [0.29, 0.717) is 12.6 Å². The molecule has 0 radical (unpaired) electrons. The molecule has 0 aliphatic carbocycles. The summed E-state index contributed by atoms with van der Waals surface area (Å²) in [6, 6.07) is 8.32. The average Bonchev–Trinajstić information content (AvgIpc) is 2.54. The Morgan fingerprint density at radius 2 is 1.76 bits per heavy atom. The van der Waals surface area contributed by atoms with Gasteiger partial charge in [0.15, 0.2) is 0 Å². The van der Waals surface area contributed by atoms with Gasteiger partial charge in [-0.25, -0.2) is 9.97 Å². The van der Waals surface area contributed by atoms with Gasteiger partial charge in [-0.3, -0.25) is 0 Å². The fourth-order valence-corrected chi connectivity index (χ4v) is 1.79. The molecule has 5 heteroatoms. The van der Waals surface area contributed by atoms with Crippen LogP contribution in [-0.4, -0.2) is 30.2 Å². The van der Waals surface area contributed by atoms with E-state index in [9.17, 15) is 0 Å². The number of benzene rings is 1. The molecule has 0 unspecified atom stereocenters. The first-order chi connectivity index (χ1) is 10.3. The summed E-state index contributed by atoms with van der Waals surface area (Å²) in [5.74, 6) is 0.748. The monoisotopic (exact) mass is 287 g/mol. The first kappa shape index (κ1) is 15.4. The minimum Gasteiger partial charge on any atom is -0.424 e. The van der Waals surface area contributed by atoms with Gasteiger partial charge in [-0.15, -0.1) is 0 Å².